The summed E-state index contributed by atoms with van der Waals surface area (Å²) < 4.78 is 57.9. The van der Waals surface area contributed by atoms with Gasteiger partial charge in [-0.25, -0.2) is 13.9 Å². The number of fused-ring (bicyclic) bond motifs is 1. The number of carbonyl (C=O) groups is 1. The van der Waals surface area contributed by atoms with Crippen molar-refractivity contribution in [2.45, 2.75) is 25.6 Å². The van der Waals surface area contributed by atoms with E-state index in [9.17, 15) is 32.7 Å². The van der Waals surface area contributed by atoms with Crippen LogP contribution in [0.5, 0.6) is 0 Å². The lowest BCUT2D eigenvalue weighted by atomic mass is 10.1. The van der Waals surface area contributed by atoms with Crippen LogP contribution < -0.4 is 9.80 Å². The van der Waals surface area contributed by atoms with Gasteiger partial charge in [-0.1, -0.05) is 18.3 Å². The van der Waals surface area contributed by atoms with Gasteiger partial charge in [0.25, 0.3) is 0 Å². The summed E-state index contributed by atoms with van der Waals surface area (Å²) in [5.74, 6) is -0.500. The number of anilines is 3. The van der Waals surface area contributed by atoms with Crippen LogP contribution in [0.3, 0.4) is 0 Å². The Kier molecular flexibility index (Phi) is 8.14. The molecule has 1 amide bonds. The van der Waals surface area contributed by atoms with Gasteiger partial charge in [0.2, 0.25) is 5.91 Å². The minimum Gasteiger partial charge on any atom is -0.389 e. The van der Waals surface area contributed by atoms with Gasteiger partial charge in [-0.05, 0) is 42.8 Å². The maximum absolute atomic E-state index is 14.5. The normalized spacial score (nSPS) is 16.2. The van der Waals surface area contributed by atoms with Gasteiger partial charge in [0, 0.05) is 57.6 Å². The van der Waals surface area contributed by atoms with E-state index in [-0.39, 0.29) is 22.8 Å². The van der Waals surface area contributed by atoms with Crippen molar-refractivity contribution in [1.82, 2.24) is 24.4 Å². The first-order valence-electron chi connectivity index (χ1n) is 14.4. The van der Waals surface area contributed by atoms with Crippen LogP contribution >= 0.6 is 11.3 Å². The first kappa shape index (κ1) is 30.8. The van der Waals surface area contributed by atoms with Crippen LogP contribution in [-0.2, 0) is 17.4 Å². The second kappa shape index (κ2) is 11.9. The lowest BCUT2D eigenvalue weighted by Gasteiger charge is -2.40. The summed E-state index contributed by atoms with van der Waals surface area (Å²) in [6.07, 6.45) is -4.83. The Balaban J connectivity index is 1.34. The number of thiazole rings is 1. The van der Waals surface area contributed by atoms with Crippen molar-refractivity contribution < 1.29 is 27.5 Å². The second-order valence-corrected chi connectivity index (χ2v) is 12.1. The van der Waals surface area contributed by atoms with Crippen molar-refractivity contribution in [2.24, 2.45) is 0 Å². The van der Waals surface area contributed by atoms with Gasteiger partial charge in [0.05, 0.1) is 29.5 Å². The highest BCUT2D eigenvalue weighted by Gasteiger charge is 2.37. The molecular formula is C30H30F4N8O2S. The maximum Gasteiger partial charge on any atom is 0.433 e. The molecule has 236 valence electrons. The van der Waals surface area contributed by atoms with Crippen LogP contribution in [0.4, 0.5) is 34.1 Å². The molecule has 1 aromatic carbocycles. The number of aryl methyl sites for hydroxylation is 1. The molecule has 0 spiro atoms. The number of aliphatic hydroxyl groups is 1. The van der Waals surface area contributed by atoms with Gasteiger partial charge in [0.1, 0.15) is 28.2 Å². The molecule has 0 saturated carbocycles. The quantitative estimate of drug-likeness (QED) is 0.300. The highest BCUT2D eigenvalue weighted by molar-refractivity contribution is 7.16. The van der Waals surface area contributed by atoms with Crippen molar-refractivity contribution in [3.05, 3.63) is 58.5 Å². The molecule has 45 heavy (non-hydrogen) atoms. The Bertz CT molecular complexity index is 1770. The van der Waals surface area contributed by atoms with E-state index < -0.39 is 23.8 Å². The Hall–Kier alpha value is -4.26. The van der Waals surface area contributed by atoms with E-state index in [1.807, 2.05) is 9.80 Å². The number of benzene rings is 1. The van der Waals surface area contributed by atoms with Crippen molar-refractivity contribution in [3.63, 3.8) is 0 Å². The molecule has 6 rings (SSSR count). The highest BCUT2D eigenvalue weighted by Crippen LogP contribution is 2.41. The van der Waals surface area contributed by atoms with Gasteiger partial charge in [-0.3, -0.25) is 9.69 Å². The predicted molar refractivity (Wildman–Crippen MR) is 161 cm³/mol. The van der Waals surface area contributed by atoms with Crippen LogP contribution in [0.2, 0.25) is 0 Å². The summed E-state index contributed by atoms with van der Waals surface area (Å²) in [5, 5.41) is 24.0. The summed E-state index contributed by atoms with van der Waals surface area (Å²) >= 11 is 1.09. The number of nitriles is 1. The number of alkyl halides is 3. The first-order valence-corrected chi connectivity index (χ1v) is 15.2. The number of aliphatic hydroxyl groups excluding tert-OH is 1. The zero-order chi connectivity index (χ0) is 32.0. The van der Waals surface area contributed by atoms with E-state index in [1.54, 1.807) is 29.8 Å². The minimum atomic E-state index is -4.69. The molecule has 0 radical (unpaired) electrons. The topological polar surface area (TPSA) is 104 Å². The molecule has 2 saturated heterocycles. The molecule has 0 unspecified atom stereocenters. The summed E-state index contributed by atoms with van der Waals surface area (Å²) in [6, 6.07) is 10.5. The standard InChI is InChI=1S/C30H30F4N8O2S/c1-3-22-28(38(2)29-36-27(24(14-35)45-29)18-4-6-19(31)7-5-18)23-12-20(13-25(30(32,33)34)42(23)37-22)40-10-8-39(9-11-40)17-26(44)41-15-21(43)16-41/h4-7,12-13,21,43H,3,8-11,15-17H2,1-2H3. The lowest BCUT2D eigenvalue weighted by molar-refractivity contribution is -0.143. The molecule has 0 atom stereocenters. The van der Waals surface area contributed by atoms with Gasteiger partial charge >= 0.3 is 6.18 Å². The Labute approximate surface area is 260 Å². The summed E-state index contributed by atoms with van der Waals surface area (Å²) in [5.41, 5.74) is 1.48. The number of likely N-dealkylation sites (tertiary alicyclic amines) is 1. The molecule has 2 aliphatic heterocycles. The summed E-state index contributed by atoms with van der Waals surface area (Å²) in [4.78, 5) is 24.5. The monoisotopic (exact) mass is 642 g/mol. The number of hydrogen-bond acceptors (Lipinski definition) is 9. The number of carbonyl (C=O) groups excluding carboxylic acids is 1. The number of pyridine rings is 1. The number of aromatic nitrogens is 3. The smallest absolute Gasteiger partial charge is 0.389 e. The summed E-state index contributed by atoms with van der Waals surface area (Å²) in [7, 11) is 1.68. The van der Waals surface area contributed by atoms with Crippen molar-refractivity contribution in [1.29, 1.82) is 5.26 Å². The van der Waals surface area contributed by atoms with E-state index >= 15 is 0 Å². The fraction of sp³-hybridized carbons (Fsp3) is 0.400. The fourth-order valence-corrected chi connectivity index (χ4v) is 6.55. The molecule has 15 heteroatoms. The second-order valence-electron chi connectivity index (χ2n) is 11.1. The number of nitrogens with zero attached hydrogens (tertiary/aromatic N) is 8. The molecule has 10 nitrogen and oxygen atoms in total. The van der Waals surface area contributed by atoms with Gasteiger partial charge in [0.15, 0.2) is 5.13 Å². The van der Waals surface area contributed by atoms with Gasteiger partial charge in [-0.2, -0.15) is 23.5 Å². The van der Waals surface area contributed by atoms with Crippen molar-refractivity contribution >= 4 is 39.3 Å². The van der Waals surface area contributed by atoms with Crippen LogP contribution in [0, 0.1) is 17.1 Å². The number of hydrogen-bond donors (Lipinski definition) is 1. The highest BCUT2D eigenvalue weighted by atomic mass is 32.1. The maximum atomic E-state index is 14.5. The molecule has 2 aliphatic rings. The number of halogens is 4. The van der Waals surface area contributed by atoms with Crippen LogP contribution in [0.1, 0.15) is 23.2 Å². The number of piperazine rings is 1. The lowest BCUT2D eigenvalue weighted by Crippen LogP contribution is -2.57. The molecule has 1 N–H and O–H groups in total. The molecule has 3 aromatic heterocycles. The Morgan fingerprint density at radius 3 is 2.44 bits per heavy atom. The number of amides is 1. The van der Waals surface area contributed by atoms with E-state index in [0.29, 0.717) is 79.1 Å². The zero-order valence-corrected chi connectivity index (χ0v) is 25.4. The molecule has 5 heterocycles. The minimum absolute atomic E-state index is 0.0714. The van der Waals surface area contributed by atoms with E-state index in [1.165, 1.54) is 24.3 Å². The molecule has 4 aromatic rings. The predicted octanol–water partition coefficient (Wildman–Crippen LogP) is 4.14. The fourth-order valence-electron chi connectivity index (χ4n) is 5.70. The third kappa shape index (κ3) is 5.92. The molecule has 0 aliphatic carbocycles. The Morgan fingerprint density at radius 1 is 1.16 bits per heavy atom. The van der Waals surface area contributed by atoms with Crippen LogP contribution in [0.15, 0.2) is 36.4 Å². The molecule has 2 fully saturated rings. The first-order chi connectivity index (χ1) is 21.5. The van der Waals surface area contributed by atoms with Crippen LogP contribution in [0.25, 0.3) is 16.8 Å². The van der Waals surface area contributed by atoms with Crippen LogP contribution in [-0.4, -0.2) is 94.4 Å². The van der Waals surface area contributed by atoms with E-state index in [4.69, 9.17) is 0 Å². The Morgan fingerprint density at radius 2 is 1.84 bits per heavy atom. The SMILES string of the molecule is CCc1nn2c(C(F)(F)F)cc(N3CCN(CC(=O)N4CC(O)C4)CC3)cc2c1N(C)c1nc(-c2ccc(F)cc2)c(C#N)s1. The zero-order valence-electron chi connectivity index (χ0n) is 24.6. The van der Waals surface area contributed by atoms with Crippen molar-refractivity contribution in [3.8, 4) is 17.3 Å². The summed E-state index contributed by atoms with van der Waals surface area (Å²) in [6.45, 7) is 4.47. The third-order valence-electron chi connectivity index (χ3n) is 8.16. The van der Waals surface area contributed by atoms with E-state index in [2.05, 4.69) is 16.2 Å². The van der Waals surface area contributed by atoms with Crippen molar-refractivity contribution in [2.75, 3.05) is 62.7 Å². The number of β-amino-alcohol motifs (C(OH)–C–C–N with tert-alkyl or cyclic N) is 1. The van der Waals surface area contributed by atoms with Gasteiger partial charge < -0.3 is 19.8 Å². The average molecular weight is 643 g/mol. The molecule has 0 bridgehead atoms. The number of rotatable bonds is 7. The molecular weight excluding hydrogens is 612 g/mol. The third-order valence-corrected chi connectivity index (χ3v) is 9.19. The van der Waals surface area contributed by atoms with Gasteiger partial charge in [-0.15, -0.1) is 0 Å². The largest absolute Gasteiger partial charge is 0.433 e. The van der Waals surface area contributed by atoms with E-state index in [0.717, 1.165) is 21.9 Å². The average Bonchev–Trinajstić information content (AvgIpc) is 3.60.